The van der Waals surface area contributed by atoms with E-state index in [1.807, 2.05) is 36.4 Å². The lowest BCUT2D eigenvalue weighted by Gasteiger charge is -2.01. The van der Waals surface area contributed by atoms with Gasteiger partial charge in [0.05, 0.1) is 18.4 Å². The number of nitrogens with one attached hydrogen (secondary N) is 1. The third-order valence-corrected chi connectivity index (χ3v) is 2.65. The Morgan fingerprint density at radius 2 is 2.06 bits per heavy atom. The fraction of sp³-hybridized carbons (Fsp3) is 0.0769. The Bertz CT molecular complexity index is 585. The van der Waals surface area contributed by atoms with Gasteiger partial charge in [0.25, 0.3) is 0 Å². The second-order valence-corrected chi connectivity index (χ2v) is 3.83. The van der Waals surface area contributed by atoms with Gasteiger partial charge in [0.2, 0.25) is 5.91 Å². The molecular formula is C13H10N2O2. The summed E-state index contributed by atoms with van der Waals surface area (Å²) in [6.45, 7) is 0. The predicted molar refractivity (Wildman–Crippen MR) is 63.4 cm³/mol. The van der Waals surface area contributed by atoms with Crippen molar-refractivity contribution in [1.82, 2.24) is 5.43 Å². The lowest BCUT2D eigenvalue weighted by Crippen LogP contribution is -2.09. The highest BCUT2D eigenvalue weighted by Gasteiger charge is 2.16. The molecule has 84 valence electrons. The van der Waals surface area contributed by atoms with E-state index >= 15 is 0 Å². The maximum atomic E-state index is 11.1. The topological polar surface area (TPSA) is 54.6 Å². The largest absolute Gasteiger partial charge is 0.464 e. The lowest BCUT2D eigenvalue weighted by molar-refractivity contribution is -0.119. The summed E-state index contributed by atoms with van der Waals surface area (Å²) in [6.07, 6.45) is 1.97. The summed E-state index contributed by atoms with van der Waals surface area (Å²) in [4.78, 5) is 11.1. The summed E-state index contributed by atoms with van der Waals surface area (Å²) in [6, 6.07) is 11.5. The standard InChI is InChI=1S/C13H10N2O2/c16-13-8-11(14-15-13)9-3-1-4-10(7-9)12-5-2-6-17-12/h1-7H,8H2,(H,15,16). The van der Waals surface area contributed by atoms with Gasteiger partial charge in [-0.2, -0.15) is 5.10 Å². The molecule has 1 aromatic carbocycles. The van der Waals surface area contributed by atoms with Gasteiger partial charge in [0.1, 0.15) is 5.76 Å². The first-order chi connectivity index (χ1) is 8.33. The van der Waals surface area contributed by atoms with E-state index in [-0.39, 0.29) is 5.91 Å². The van der Waals surface area contributed by atoms with Gasteiger partial charge in [-0.25, -0.2) is 5.43 Å². The normalized spacial score (nSPS) is 14.6. The summed E-state index contributed by atoms with van der Waals surface area (Å²) in [5.41, 5.74) is 5.14. The fourth-order valence-corrected chi connectivity index (χ4v) is 1.82. The van der Waals surface area contributed by atoms with Crippen molar-refractivity contribution in [2.45, 2.75) is 6.42 Å². The van der Waals surface area contributed by atoms with Crippen LogP contribution in [0.15, 0.2) is 52.2 Å². The molecule has 0 spiro atoms. The molecular weight excluding hydrogens is 216 g/mol. The first kappa shape index (κ1) is 9.84. The number of carbonyl (C=O) groups is 1. The summed E-state index contributed by atoms with van der Waals surface area (Å²) in [5.74, 6) is 0.744. The van der Waals surface area contributed by atoms with Crippen LogP contribution in [-0.4, -0.2) is 11.6 Å². The van der Waals surface area contributed by atoms with E-state index in [1.54, 1.807) is 6.26 Å². The Balaban J connectivity index is 1.97. The minimum absolute atomic E-state index is 0.0663. The molecule has 4 heteroatoms. The molecule has 4 nitrogen and oxygen atoms in total. The third-order valence-electron chi connectivity index (χ3n) is 2.65. The first-order valence-electron chi connectivity index (χ1n) is 5.32. The SMILES string of the molecule is O=C1CC(c2cccc(-c3ccco3)c2)=NN1. The van der Waals surface area contributed by atoms with Crippen molar-refractivity contribution in [2.24, 2.45) is 5.10 Å². The zero-order valence-electron chi connectivity index (χ0n) is 9.01. The van der Waals surface area contributed by atoms with E-state index in [0.717, 1.165) is 22.6 Å². The highest BCUT2D eigenvalue weighted by molar-refractivity contribution is 6.13. The molecule has 0 saturated carbocycles. The van der Waals surface area contributed by atoms with Crippen LogP contribution in [0, 0.1) is 0 Å². The van der Waals surface area contributed by atoms with Gasteiger partial charge in [0, 0.05) is 5.56 Å². The third kappa shape index (κ3) is 1.85. The smallest absolute Gasteiger partial charge is 0.246 e. The first-order valence-corrected chi connectivity index (χ1v) is 5.32. The van der Waals surface area contributed by atoms with Crippen molar-refractivity contribution in [3.63, 3.8) is 0 Å². The number of hydrazone groups is 1. The van der Waals surface area contributed by atoms with Crippen molar-refractivity contribution in [3.8, 4) is 11.3 Å². The van der Waals surface area contributed by atoms with Crippen molar-refractivity contribution < 1.29 is 9.21 Å². The molecule has 1 aliphatic heterocycles. The Morgan fingerprint density at radius 1 is 1.18 bits per heavy atom. The molecule has 1 aliphatic rings. The number of benzene rings is 1. The Morgan fingerprint density at radius 3 is 2.76 bits per heavy atom. The van der Waals surface area contributed by atoms with Crippen LogP contribution in [0.3, 0.4) is 0 Å². The number of carbonyl (C=O) groups excluding carboxylic acids is 1. The van der Waals surface area contributed by atoms with E-state index in [9.17, 15) is 4.79 Å². The van der Waals surface area contributed by atoms with E-state index in [4.69, 9.17) is 4.42 Å². The molecule has 0 saturated heterocycles. The molecule has 1 aromatic heterocycles. The van der Waals surface area contributed by atoms with Crippen molar-refractivity contribution in [3.05, 3.63) is 48.2 Å². The van der Waals surface area contributed by atoms with Gasteiger partial charge in [-0.15, -0.1) is 0 Å². The fourth-order valence-electron chi connectivity index (χ4n) is 1.82. The molecule has 0 aliphatic carbocycles. The second kappa shape index (κ2) is 3.90. The van der Waals surface area contributed by atoms with Crippen LogP contribution >= 0.6 is 0 Å². The van der Waals surface area contributed by atoms with Gasteiger partial charge >= 0.3 is 0 Å². The van der Waals surface area contributed by atoms with Gasteiger partial charge in [-0.05, 0) is 23.8 Å². The average molecular weight is 226 g/mol. The van der Waals surface area contributed by atoms with Crippen LogP contribution in [0.1, 0.15) is 12.0 Å². The van der Waals surface area contributed by atoms with Crippen LogP contribution in [0.5, 0.6) is 0 Å². The van der Waals surface area contributed by atoms with Gasteiger partial charge in [0.15, 0.2) is 0 Å². The van der Waals surface area contributed by atoms with E-state index in [0.29, 0.717) is 6.42 Å². The molecule has 2 aromatic rings. The molecule has 1 N–H and O–H groups in total. The van der Waals surface area contributed by atoms with Gasteiger partial charge in [-0.1, -0.05) is 18.2 Å². The quantitative estimate of drug-likeness (QED) is 0.853. The maximum Gasteiger partial charge on any atom is 0.246 e. The van der Waals surface area contributed by atoms with E-state index in [1.165, 1.54) is 0 Å². The number of hydrogen-bond donors (Lipinski definition) is 1. The van der Waals surface area contributed by atoms with Crippen molar-refractivity contribution >= 4 is 11.6 Å². The highest BCUT2D eigenvalue weighted by atomic mass is 16.3. The number of rotatable bonds is 2. The lowest BCUT2D eigenvalue weighted by atomic mass is 10.0. The molecule has 1 amide bonds. The average Bonchev–Trinajstić information content (AvgIpc) is 3.00. The summed E-state index contributed by atoms with van der Waals surface area (Å²) in [7, 11) is 0. The minimum Gasteiger partial charge on any atom is -0.464 e. The van der Waals surface area contributed by atoms with Gasteiger partial charge in [-0.3, -0.25) is 4.79 Å². The Hall–Kier alpha value is -2.36. The van der Waals surface area contributed by atoms with Crippen LogP contribution in [0.2, 0.25) is 0 Å². The molecule has 2 heterocycles. The maximum absolute atomic E-state index is 11.1. The predicted octanol–water partition coefficient (Wildman–Crippen LogP) is 2.17. The Labute approximate surface area is 97.9 Å². The summed E-state index contributed by atoms with van der Waals surface area (Å²) in [5, 5.41) is 4.00. The van der Waals surface area contributed by atoms with Crippen LogP contribution < -0.4 is 5.43 Å². The number of hydrogen-bond acceptors (Lipinski definition) is 3. The van der Waals surface area contributed by atoms with Crippen LogP contribution in [-0.2, 0) is 4.79 Å². The molecule has 0 unspecified atom stereocenters. The summed E-state index contributed by atoms with van der Waals surface area (Å²) >= 11 is 0. The number of amides is 1. The van der Waals surface area contributed by atoms with Crippen molar-refractivity contribution in [2.75, 3.05) is 0 Å². The van der Waals surface area contributed by atoms with Crippen molar-refractivity contribution in [1.29, 1.82) is 0 Å². The number of nitrogens with zero attached hydrogens (tertiary/aromatic N) is 1. The molecule has 0 fully saturated rings. The molecule has 17 heavy (non-hydrogen) atoms. The second-order valence-electron chi connectivity index (χ2n) is 3.83. The molecule has 0 bridgehead atoms. The summed E-state index contributed by atoms with van der Waals surface area (Å²) < 4.78 is 5.34. The van der Waals surface area contributed by atoms with Crippen LogP contribution in [0.4, 0.5) is 0 Å². The monoisotopic (exact) mass is 226 g/mol. The Kier molecular flexibility index (Phi) is 2.26. The zero-order chi connectivity index (χ0) is 11.7. The van der Waals surface area contributed by atoms with Gasteiger partial charge < -0.3 is 4.42 Å². The van der Waals surface area contributed by atoms with E-state index in [2.05, 4.69) is 10.5 Å². The zero-order valence-corrected chi connectivity index (χ0v) is 9.01. The molecule has 3 rings (SSSR count). The van der Waals surface area contributed by atoms with E-state index < -0.39 is 0 Å². The number of furan rings is 1. The van der Waals surface area contributed by atoms with Crippen LogP contribution in [0.25, 0.3) is 11.3 Å². The molecule has 0 radical (unpaired) electrons. The highest BCUT2D eigenvalue weighted by Crippen LogP contribution is 2.22. The minimum atomic E-state index is -0.0663. The molecule has 0 atom stereocenters.